The minimum Gasteiger partial charge on any atom is -0.431 e. The van der Waals surface area contributed by atoms with Gasteiger partial charge in [0.2, 0.25) is 0 Å². The molecule has 1 heterocycles. The molecule has 106 valence electrons. The van der Waals surface area contributed by atoms with Crippen LogP contribution in [0.2, 0.25) is 0 Å². The van der Waals surface area contributed by atoms with Crippen molar-refractivity contribution in [2.24, 2.45) is 0 Å². The molecule has 0 unspecified atom stereocenters. The zero-order valence-corrected chi connectivity index (χ0v) is 12.3. The van der Waals surface area contributed by atoms with E-state index in [1.54, 1.807) is 30.5 Å². The molecule has 0 atom stereocenters. The summed E-state index contributed by atoms with van der Waals surface area (Å²) in [7, 11) is 3.94. The second-order valence-electron chi connectivity index (χ2n) is 4.48. The highest BCUT2D eigenvalue weighted by Crippen LogP contribution is 2.23. The average Bonchev–Trinajstić information content (AvgIpc) is 2.92. The molecule has 0 fully saturated rings. The number of likely N-dealkylation sites (N-methyl/N-ethyl adjacent to an activating group) is 1. The van der Waals surface area contributed by atoms with Crippen molar-refractivity contribution in [3.63, 3.8) is 0 Å². The number of hydrogen-bond acceptors (Lipinski definition) is 5. The Morgan fingerprint density at radius 1 is 1.35 bits per heavy atom. The summed E-state index contributed by atoms with van der Waals surface area (Å²) in [6.07, 6.45) is 1.69. The summed E-state index contributed by atoms with van der Waals surface area (Å²) in [5.41, 5.74) is 0.621. The molecule has 1 N–H and O–H groups in total. The average molecular weight is 291 g/mol. The molecule has 5 nitrogen and oxygen atoms in total. The molecule has 0 saturated carbocycles. The number of carbonyl (C=O) groups excluding carboxylic acids is 1. The molecule has 20 heavy (non-hydrogen) atoms. The minimum atomic E-state index is -0.0763. The molecule has 1 aromatic carbocycles. The number of amides is 1. The number of aromatic nitrogens is 1. The molecule has 2 rings (SSSR count). The number of hydrogen-bond donors (Lipinski definition) is 1. The first-order valence-corrected chi connectivity index (χ1v) is 7.13. The molecule has 0 aliphatic carbocycles. The van der Waals surface area contributed by atoms with Crippen LogP contribution in [-0.2, 0) is 0 Å². The van der Waals surface area contributed by atoms with Crippen LogP contribution in [-0.4, -0.2) is 43.0 Å². The van der Waals surface area contributed by atoms with E-state index >= 15 is 0 Å². The quantitative estimate of drug-likeness (QED) is 0.886. The van der Waals surface area contributed by atoms with Crippen LogP contribution in [0.25, 0.3) is 0 Å². The van der Waals surface area contributed by atoms with Gasteiger partial charge in [-0.15, -0.1) is 0 Å². The van der Waals surface area contributed by atoms with Gasteiger partial charge in [0.15, 0.2) is 0 Å². The molecular formula is C14H17N3O2S. The third-order valence-electron chi connectivity index (χ3n) is 2.58. The smallest absolute Gasteiger partial charge is 0.278 e. The van der Waals surface area contributed by atoms with E-state index < -0.39 is 0 Å². The van der Waals surface area contributed by atoms with Gasteiger partial charge in [-0.2, -0.15) is 0 Å². The van der Waals surface area contributed by atoms with E-state index in [0.717, 1.165) is 6.54 Å². The predicted molar refractivity (Wildman–Crippen MR) is 79.5 cm³/mol. The Kier molecular flexibility index (Phi) is 5.09. The molecule has 1 amide bonds. The maximum atomic E-state index is 11.9. The summed E-state index contributed by atoms with van der Waals surface area (Å²) < 4.78 is 5.53. The monoisotopic (exact) mass is 291 g/mol. The Labute approximate surface area is 122 Å². The first-order chi connectivity index (χ1) is 9.65. The number of nitrogens with zero attached hydrogens (tertiary/aromatic N) is 2. The second kappa shape index (κ2) is 7.02. The summed E-state index contributed by atoms with van der Waals surface area (Å²) in [5.74, 6) is 0.595. The zero-order chi connectivity index (χ0) is 14.4. The van der Waals surface area contributed by atoms with E-state index in [2.05, 4.69) is 10.3 Å². The van der Waals surface area contributed by atoms with Gasteiger partial charge < -0.3 is 15.0 Å². The van der Waals surface area contributed by atoms with Crippen LogP contribution in [0, 0.1) is 0 Å². The number of ether oxygens (including phenoxy) is 1. The lowest BCUT2D eigenvalue weighted by molar-refractivity contribution is 0.0951. The molecule has 0 saturated heterocycles. The maximum absolute atomic E-state index is 11.9. The summed E-state index contributed by atoms with van der Waals surface area (Å²) in [5, 5.41) is 5.30. The van der Waals surface area contributed by atoms with Crippen molar-refractivity contribution in [2.45, 2.75) is 0 Å². The van der Waals surface area contributed by atoms with Crippen LogP contribution < -0.4 is 10.1 Å². The van der Waals surface area contributed by atoms with Gasteiger partial charge >= 0.3 is 0 Å². The van der Waals surface area contributed by atoms with Crippen LogP contribution in [0.1, 0.15) is 10.4 Å². The van der Waals surface area contributed by atoms with Crippen molar-refractivity contribution in [2.75, 3.05) is 27.2 Å². The normalized spacial score (nSPS) is 10.6. The fraction of sp³-hybridized carbons (Fsp3) is 0.286. The van der Waals surface area contributed by atoms with Gasteiger partial charge in [-0.1, -0.05) is 11.3 Å². The third-order valence-corrected chi connectivity index (χ3v) is 3.22. The Hall–Kier alpha value is -1.92. The molecule has 2 aromatic rings. The predicted octanol–water partition coefficient (Wildman–Crippen LogP) is 2.23. The fourth-order valence-corrected chi connectivity index (χ4v) is 2.04. The Balaban J connectivity index is 1.89. The third kappa shape index (κ3) is 4.32. The maximum Gasteiger partial charge on any atom is 0.278 e. The van der Waals surface area contributed by atoms with E-state index in [-0.39, 0.29) is 5.91 Å². The summed E-state index contributed by atoms with van der Waals surface area (Å²) in [6.45, 7) is 1.44. The van der Waals surface area contributed by atoms with E-state index in [9.17, 15) is 4.79 Å². The topological polar surface area (TPSA) is 54.5 Å². The van der Waals surface area contributed by atoms with Crippen molar-refractivity contribution in [3.05, 3.63) is 41.4 Å². The highest BCUT2D eigenvalue weighted by molar-refractivity contribution is 7.11. The van der Waals surface area contributed by atoms with Gasteiger partial charge in [0.25, 0.3) is 11.1 Å². The first-order valence-electron chi connectivity index (χ1n) is 6.25. The van der Waals surface area contributed by atoms with E-state index in [4.69, 9.17) is 4.74 Å². The van der Waals surface area contributed by atoms with Crippen LogP contribution in [0.4, 0.5) is 0 Å². The first kappa shape index (κ1) is 14.5. The number of carbonyl (C=O) groups is 1. The van der Waals surface area contributed by atoms with E-state index in [0.29, 0.717) is 23.1 Å². The lowest BCUT2D eigenvalue weighted by Gasteiger charge is -2.10. The second-order valence-corrected chi connectivity index (χ2v) is 5.34. The fourth-order valence-electron chi connectivity index (χ4n) is 1.53. The SMILES string of the molecule is CN(C)CCNC(=O)c1ccc(Oc2nccs2)cc1. The van der Waals surface area contributed by atoms with Crippen LogP contribution in [0.3, 0.4) is 0 Å². The lowest BCUT2D eigenvalue weighted by atomic mass is 10.2. The van der Waals surface area contributed by atoms with Gasteiger partial charge in [0.1, 0.15) is 5.75 Å². The van der Waals surface area contributed by atoms with Crippen molar-refractivity contribution >= 4 is 17.2 Å². The van der Waals surface area contributed by atoms with Crippen LogP contribution in [0.5, 0.6) is 10.9 Å². The molecule has 0 bridgehead atoms. The molecule has 0 aliphatic heterocycles. The van der Waals surface area contributed by atoms with E-state index in [1.165, 1.54) is 11.3 Å². The number of benzene rings is 1. The number of rotatable bonds is 6. The summed E-state index contributed by atoms with van der Waals surface area (Å²) >= 11 is 1.42. The lowest BCUT2D eigenvalue weighted by Crippen LogP contribution is -2.31. The van der Waals surface area contributed by atoms with Crippen molar-refractivity contribution in [1.29, 1.82) is 0 Å². The standard InChI is InChI=1S/C14H17N3O2S/c1-17(2)9-7-15-13(18)11-3-5-12(6-4-11)19-14-16-8-10-20-14/h3-6,8,10H,7,9H2,1-2H3,(H,15,18). The molecular weight excluding hydrogens is 274 g/mol. The zero-order valence-electron chi connectivity index (χ0n) is 11.5. The summed E-state index contributed by atoms with van der Waals surface area (Å²) in [6, 6.07) is 7.02. The Morgan fingerprint density at radius 3 is 2.70 bits per heavy atom. The van der Waals surface area contributed by atoms with Crippen molar-refractivity contribution < 1.29 is 9.53 Å². The van der Waals surface area contributed by atoms with Gasteiger partial charge in [-0.05, 0) is 38.4 Å². The molecule has 0 spiro atoms. The van der Waals surface area contributed by atoms with Crippen molar-refractivity contribution in [3.8, 4) is 10.9 Å². The van der Waals surface area contributed by atoms with Gasteiger partial charge in [-0.3, -0.25) is 4.79 Å². The molecule has 0 radical (unpaired) electrons. The highest BCUT2D eigenvalue weighted by Gasteiger charge is 2.06. The van der Waals surface area contributed by atoms with Gasteiger partial charge in [0, 0.05) is 30.2 Å². The molecule has 6 heteroatoms. The Bertz CT molecular complexity index is 538. The largest absolute Gasteiger partial charge is 0.431 e. The highest BCUT2D eigenvalue weighted by atomic mass is 32.1. The van der Waals surface area contributed by atoms with Gasteiger partial charge in [0.05, 0.1) is 0 Å². The number of nitrogens with one attached hydrogen (secondary N) is 1. The van der Waals surface area contributed by atoms with Crippen molar-refractivity contribution in [1.82, 2.24) is 15.2 Å². The number of thiazole rings is 1. The molecule has 0 aliphatic rings. The van der Waals surface area contributed by atoms with Crippen LogP contribution in [0.15, 0.2) is 35.8 Å². The van der Waals surface area contributed by atoms with Gasteiger partial charge in [-0.25, -0.2) is 4.98 Å². The van der Waals surface area contributed by atoms with Crippen LogP contribution >= 0.6 is 11.3 Å². The van der Waals surface area contributed by atoms with E-state index in [1.807, 2.05) is 24.4 Å². The minimum absolute atomic E-state index is 0.0763. The summed E-state index contributed by atoms with van der Waals surface area (Å²) in [4.78, 5) is 17.9. The molecule has 1 aromatic heterocycles. The Morgan fingerprint density at radius 2 is 2.10 bits per heavy atom.